The molecule has 1 saturated heterocycles. The average molecular weight is 295 g/mol. The second kappa shape index (κ2) is 6.33. The van der Waals surface area contributed by atoms with E-state index in [2.05, 4.69) is 0 Å². The van der Waals surface area contributed by atoms with Crippen molar-refractivity contribution in [2.45, 2.75) is 45.3 Å². The van der Waals surface area contributed by atoms with Crippen molar-refractivity contribution in [2.24, 2.45) is 0 Å². The summed E-state index contributed by atoms with van der Waals surface area (Å²) in [7, 11) is 0. The van der Waals surface area contributed by atoms with Crippen LogP contribution in [-0.4, -0.2) is 35.8 Å². The molecule has 4 nitrogen and oxygen atoms in total. The van der Waals surface area contributed by atoms with Crippen molar-refractivity contribution in [2.75, 3.05) is 13.2 Å². The van der Waals surface area contributed by atoms with Gasteiger partial charge in [-0.15, -0.1) is 0 Å². The van der Waals surface area contributed by atoms with E-state index >= 15 is 0 Å². The molecule has 1 aliphatic heterocycles. The lowest BCUT2D eigenvalue weighted by Gasteiger charge is -2.28. The predicted molar refractivity (Wildman–Crippen MR) is 77.9 cm³/mol. The van der Waals surface area contributed by atoms with Crippen LogP contribution >= 0.6 is 0 Å². The van der Waals surface area contributed by atoms with Gasteiger partial charge in [0.1, 0.15) is 23.8 Å². The third kappa shape index (κ3) is 4.62. The third-order valence-electron chi connectivity index (χ3n) is 3.24. The molecule has 0 spiro atoms. The molecule has 0 bridgehead atoms. The van der Waals surface area contributed by atoms with Gasteiger partial charge in [-0.25, -0.2) is 9.18 Å². The number of rotatable bonds is 3. The number of carbonyl (C=O) groups is 1. The number of carbonyl (C=O) groups excluding carboxylic acids is 1. The Morgan fingerprint density at radius 2 is 2.19 bits per heavy atom. The summed E-state index contributed by atoms with van der Waals surface area (Å²) < 4.78 is 24.1. The molecular weight excluding hydrogens is 273 g/mol. The summed E-state index contributed by atoms with van der Waals surface area (Å²) in [4.78, 5) is 13.8. The monoisotopic (exact) mass is 295 g/mol. The summed E-state index contributed by atoms with van der Waals surface area (Å²) in [6, 6.07) is 5.99. The number of amides is 1. The zero-order chi connectivity index (χ0) is 15.5. The second-order valence-electron chi connectivity index (χ2n) is 6.24. The lowest BCUT2D eigenvalue weighted by atomic mass is 10.2. The third-order valence-corrected chi connectivity index (χ3v) is 3.24. The second-order valence-corrected chi connectivity index (χ2v) is 6.24. The van der Waals surface area contributed by atoms with Gasteiger partial charge in [-0.05, 0) is 45.7 Å². The van der Waals surface area contributed by atoms with Crippen LogP contribution in [-0.2, 0) is 4.74 Å². The van der Waals surface area contributed by atoms with Crippen LogP contribution in [0, 0.1) is 5.82 Å². The summed E-state index contributed by atoms with van der Waals surface area (Å²) in [5.41, 5.74) is -0.506. The van der Waals surface area contributed by atoms with Gasteiger partial charge in [-0.3, -0.25) is 0 Å². The first kappa shape index (κ1) is 15.6. The van der Waals surface area contributed by atoms with Gasteiger partial charge in [0.15, 0.2) is 0 Å². The van der Waals surface area contributed by atoms with E-state index in [1.165, 1.54) is 12.1 Å². The van der Waals surface area contributed by atoms with E-state index in [-0.39, 0.29) is 18.0 Å². The van der Waals surface area contributed by atoms with Gasteiger partial charge in [-0.1, -0.05) is 6.07 Å². The predicted octanol–water partition coefficient (Wildman–Crippen LogP) is 3.60. The van der Waals surface area contributed by atoms with Gasteiger partial charge in [0.25, 0.3) is 0 Å². The number of nitrogens with zero attached hydrogens (tertiary/aromatic N) is 1. The van der Waals surface area contributed by atoms with Crippen molar-refractivity contribution in [1.82, 2.24) is 4.90 Å². The Balaban J connectivity index is 1.91. The Morgan fingerprint density at radius 1 is 1.43 bits per heavy atom. The van der Waals surface area contributed by atoms with E-state index in [0.29, 0.717) is 18.9 Å². The van der Waals surface area contributed by atoms with Crippen LogP contribution in [0.15, 0.2) is 24.3 Å². The topological polar surface area (TPSA) is 38.8 Å². The molecule has 2 rings (SSSR count). The molecule has 21 heavy (non-hydrogen) atoms. The van der Waals surface area contributed by atoms with Gasteiger partial charge in [0, 0.05) is 12.6 Å². The summed E-state index contributed by atoms with van der Waals surface area (Å²) in [6.07, 6.45) is 1.48. The number of hydrogen-bond acceptors (Lipinski definition) is 3. The van der Waals surface area contributed by atoms with Gasteiger partial charge >= 0.3 is 6.09 Å². The highest BCUT2D eigenvalue weighted by atomic mass is 19.1. The van der Waals surface area contributed by atoms with E-state index in [1.54, 1.807) is 17.0 Å². The van der Waals surface area contributed by atoms with Crippen molar-refractivity contribution < 1.29 is 18.7 Å². The Kier molecular flexibility index (Phi) is 4.70. The first-order chi connectivity index (χ1) is 9.85. The van der Waals surface area contributed by atoms with Crippen LogP contribution in [0.1, 0.15) is 33.6 Å². The molecule has 1 aliphatic rings. The van der Waals surface area contributed by atoms with Crippen molar-refractivity contribution in [3.8, 4) is 5.75 Å². The van der Waals surface area contributed by atoms with Crippen LogP contribution in [0.3, 0.4) is 0 Å². The Morgan fingerprint density at radius 3 is 2.86 bits per heavy atom. The molecule has 1 amide bonds. The number of benzene rings is 1. The van der Waals surface area contributed by atoms with Crippen LogP contribution in [0.5, 0.6) is 5.75 Å². The molecule has 5 heteroatoms. The Labute approximate surface area is 124 Å². The molecule has 1 fully saturated rings. The highest BCUT2D eigenvalue weighted by Gasteiger charge is 2.32. The largest absolute Gasteiger partial charge is 0.491 e. The van der Waals surface area contributed by atoms with E-state index < -0.39 is 5.60 Å². The van der Waals surface area contributed by atoms with E-state index in [0.717, 1.165) is 12.8 Å². The maximum atomic E-state index is 13.1. The van der Waals surface area contributed by atoms with Gasteiger partial charge in [0.05, 0.1) is 6.04 Å². The molecule has 1 unspecified atom stereocenters. The standard InChI is InChI=1S/C16H22FNO3/c1-16(2,3)21-15(19)18-9-5-7-13(18)11-20-14-8-4-6-12(17)10-14/h4,6,8,10,13H,5,7,9,11H2,1-3H3. The zero-order valence-corrected chi connectivity index (χ0v) is 12.8. The fraction of sp³-hybridized carbons (Fsp3) is 0.562. The minimum absolute atomic E-state index is 0.0249. The van der Waals surface area contributed by atoms with Crippen molar-refractivity contribution in [3.05, 3.63) is 30.1 Å². The molecule has 0 saturated carbocycles. The molecule has 0 aromatic heterocycles. The van der Waals surface area contributed by atoms with E-state index in [9.17, 15) is 9.18 Å². The minimum Gasteiger partial charge on any atom is -0.491 e. The molecule has 1 aromatic carbocycles. The summed E-state index contributed by atoms with van der Waals surface area (Å²) in [6.45, 7) is 6.56. The quantitative estimate of drug-likeness (QED) is 0.855. The summed E-state index contributed by atoms with van der Waals surface area (Å²) in [5.74, 6) is 0.147. The normalized spacial score (nSPS) is 18.7. The maximum Gasteiger partial charge on any atom is 0.410 e. The van der Waals surface area contributed by atoms with Crippen molar-refractivity contribution >= 4 is 6.09 Å². The van der Waals surface area contributed by atoms with Gasteiger partial charge in [0.2, 0.25) is 0 Å². The molecule has 0 N–H and O–H groups in total. The Bertz CT molecular complexity index is 499. The number of likely N-dealkylation sites (tertiary alicyclic amines) is 1. The molecule has 1 atom stereocenters. The number of hydrogen-bond donors (Lipinski definition) is 0. The van der Waals surface area contributed by atoms with Gasteiger partial charge in [-0.2, -0.15) is 0 Å². The first-order valence-electron chi connectivity index (χ1n) is 7.23. The summed E-state index contributed by atoms with van der Waals surface area (Å²) >= 11 is 0. The van der Waals surface area contributed by atoms with Crippen LogP contribution in [0.2, 0.25) is 0 Å². The zero-order valence-electron chi connectivity index (χ0n) is 12.8. The van der Waals surface area contributed by atoms with E-state index in [4.69, 9.17) is 9.47 Å². The number of ether oxygens (including phenoxy) is 2. The number of halogens is 1. The van der Waals surface area contributed by atoms with Gasteiger partial charge < -0.3 is 14.4 Å². The molecule has 116 valence electrons. The van der Waals surface area contributed by atoms with Crippen LogP contribution in [0.25, 0.3) is 0 Å². The SMILES string of the molecule is CC(C)(C)OC(=O)N1CCCC1COc1cccc(F)c1. The fourth-order valence-electron chi connectivity index (χ4n) is 2.32. The van der Waals surface area contributed by atoms with E-state index in [1.807, 2.05) is 20.8 Å². The smallest absolute Gasteiger partial charge is 0.410 e. The van der Waals surface area contributed by atoms with Crippen molar-refractivity contribution in [3.63, 3.8) is 0 Å². The lowest BCUT2D eigenvalue weighted by molar-refractivity contribution is 0.0187. The molecular formula is C16H22FNO3. The highest BCUT2D eigenvalue weighted by Crippen LogP contribution is 2.22. The lowest BCUT2D eigenvalue weighted by Crippen LogP contribution is -2.42. The molecule has 0 radical (unpaired) electrons. The fourth-order valence-corrected chi connectivity index (χ4v) is 2.32. The summed E-state index contributed by atoms with van der Waals surface area (Å²) in [5, 5.41) is 0. The minimum atomic E-state index is -0.506. The van der Waals surface area contributed by atoms with Crippen molar-refractivity contribution in [1.29, 1.82) is 0 Å². The molecule has 0 aliphatic carbocycles. The molecule has 1 heterocycles. The van der Waals surface area contributed by atoms with Crippen LogP contribution in [0.4, 0.5) is 9.18 Å². The average Bonchev–Trinajstić information content (AvgIpc) is 2.83. The molecule has 1 aromatic rings. The van der Waals surface area contributed by atoms with Crippen LogP contribution < -0.4 is 4.74 Å². The maximum absolute atomic E-state index is 13.1. The first-order valence-corrected chi connectivity index (χ1v) is 7.23. The highest BCUT2D eigenvalue weighted by molar-refractivity contribution is 5.69. The Hall–Kier alpha value is -1.78.